The first-order chi connectivity index (χ1) is 9.54. The second kappa shape index (κ2) is 5.40. The van der Waals surface area contributed by atoms with Crippen molar-refractivity contribution in [2.24, 2.45) is 0 Å². The zero-order chi connectivity index (χ0) is 14.3. The molecule has 0 saturated heterocycles. The zero-order valence-corrected chi connectivity index (χ0v) is 13.3. The van der Waals surface area contributed by atoms with Crippen LogP contribution in [0.25, 0.3) is 0 Å². The fourth-order valence-corrected chi connectivity index (χ4v) is 3.01. The van der Waals surface area contributed by atoms with Gasteiger partial charge in [0.15, 0.2) is 5.78 Å². The van der Waals surface area contributed by atoms with E-state index in [1.807, 2.05) is 6.07 Å². The van der Waals surface area contributed by atoms with E-state index in [0.29, 0.717) is 21.4 Å². The standard InChI is InChI=1S/C15H9BrCl2O2/c16-8-1-4-14-11(5-8)13(19)7-15(20-14)10-6-9(17)2-3-12(10)18/h1-6,15H,7H2. The Kier molecular flexibility index (Phi) is 3.76. The molecule has 0 spiro atoms. The van der Waals surface area contributed by atoms with Gasteiger partial charge in [0.05, 0.1) is 12.0 Å². The minimum absolute atomic E-state index is 0.0357. The summed E-state index contributed by atoms with van der Waals surface area (Å²) in [5.74, 6) is 0.610. The smallest absolute Gasteiger partial charge is 0.170 e. The number of rotatable bonds is 1. The molecule has 2 nitrogen and oxygen atoms in total. The summed E-state index contributed by atoms with van der Waals surface area (Å²) in [6, 6.07) is 10.6. The van der Waals surface area contributed by atoms with Crippen LogP contribution in [-0.2, 0) is 0 Å². The molecule has 1 aliphatic heterocycles. The molecule has 0 bridgehead atoms. The largest absolute Gasteiger partial charge is 0.484 e. The van der Waals surface area contributed by atoms with E-state index in [-0.39, 0.29) is 12.2 Å². The third kappa shape index (κ3) is 2.58. The molecule has 0 aliphatic carbocycles. The van der Waals surface area contributed by atoms with Crippen molar-refractivity contribution in [3.05, 3.63) is 62.0 Å². The van der Waals surface area contributed by atoms with Crippen LogP contribution in [0.4, 0.5) is 0 Å². The molecule has 0 saturated carbocycles. The molecule has 1 unspecified atom stereocenters. The first-order valence-corrected chi connectivity index (χ1v) is 7.54. The molecule has 1 aliphatic rings. The highest BCUT2D eigenvalue weighted by Gasteiger charge is 2.29. The van der Waals surface area contributed by atoms with E-state index in [9.17, 15) is 4.79 Å². The number of carbonyl (C=O) groups is 1. The lowest BCUT2D eigenvalue weighted by atomic mass is 9.96. The Bertz CT molecular complexity index is 700. The van der Waals surface area contributed by atoms with Gasteiger partial charge >= 0.3 is 0 Å². The normalized spacial score (nSPS) is 17.6. The lowest BCUT2D eigenvalue weighted by molar-refractivity contribution is 0.0850. The fraction of sp³-hybridized carbons (Fsp3) is 0.133. The predicted octanol–water partition coefficient (Wildman–Crippen LogP) is 5.46. The van der Waals surface area contributed by atoms with Gasteiger partial charge in [0.25, 0.3) is 0 Å². The van der Waals surface area contributed by atoms with Gasteiger partial charge in [-0.15, -0.1) is 0 Å². The molecule has 0 N–H and O–H groups in total. The molecule has 0 amide bonds. The summed E-state index contributed by atoms with van der Waals surface area (Å²) in [6.07, 6.45) is -0.147. The molecule has 1 atom stereocenters. The predicted molar refractivity (Wildman–Crippen MR) is 82.9 cm³/mol. The SMILES string of the molecule is O=C1CC(c2cc(Cl)ccc2Cl)Oc2ccc(Br)cc21. The Balaban J connectivity index is 2.01. The monoisotopic (exact) mass is 370 g/mol. The molecular weight excluding hydrogens is 363 g/mol. The summed E-state index contributed by atoms with van der Waals surface area (Å²) >= 11 is 15.5. The van der Waals surface area contributed by atoms with Crippen molar-refractivity contribution in [1.82, 2.24) is 0 Å². The van der Waals surface area contributed by atoms with Gasteiger partial charge in [-0.3, -0.25) is 4.79 Å². The lowest BCUT2D eigenvalue weighted by Gasteiger charge is -2.26. The van der Waals surface area contributed by atoms with Crippen LogP contribution in [-0.4, -0.2) is 5.78 Å². The molecule has 20 heavy (non-hydrogen) atoms. The topological polar surface area (TPSA) is 26.3 Å². The van der Waals surface area contributed by atoms with Gasteiger partial charge < -0.3 is 4.74 Å². The molecule has 102 valence electrons. The van der Waals surface area contributed by atoms with Gasteiger partial charge in [0.2, 0.25) is 0 Å². The van der Waals surface area contributed by atoms with Gasteiger partial charge in [0, 0.05) is 20.1 Å². The summed E-state index contributed by atoms with van der Waals surface area (Å²) in [7, 11) is 0. The van der Waals surface area contributed by atoms with Crippen molar-refractivity contribution >= 4 is 44.9 Å². The molecule has 5 heteroatoms. The van der Waals surface area contributed by atoms with Crippen LogP contribution in [0.5, 0.6) is 5.75 Å². The Morgan fingerprint density at radius 2 is 1.95 bits per heavy atom. The van der Waals surface area contributed by atoms with Crippen LogP contribution in [0.3, 0.4) is 0 Å². The van der Waals surface area contributed by atoms with Crippen molar-refractivity contribution in [3.63, 3.8) is 0 Å². The number of halogens is 3. The summed E-state index contributed by atoms with van der Waals surface area (Å²) in [4.78, 5) is 12.2. The quantitative estimate of drug-likeness (QED) is 0.665. The first-order valence-electron chi connectivity index (χ1n) is 5.99. The van der Waals surface area contributed by atoms with Crippen LogP contribution in [0.1, 0.15) is 28.4 Å². The van der Waals surface area contributed by atoms with Gasteiger partial charge in [-0.05, 0) is 36.4 Å². The van der Waals surface area contributed by atoms with E-state index in [2.05, 4.69) is 15.9 Å². The lowest BCUT2D eigenvalue weighted by Crippen LogP contribution is -2.20. The van der Waals surface area contributed by atoms with Crippen molar-refractivity contribution in [2.45, 2.75) is 12.5 Å². The zero-order valence-electron chi connectivity index (χ0n) is 10.2. The highest BCUT2D eigenvalue weighted by molar-refractivity contribution is 9.10. The molecular formula is C15H9BrCl2O2. The first kappa shape index (κ1) is 13.9. The second-order valence-electron chi connectivity index (χ2n) is 4.54. The molecule has 2 aromatic carbocycles. The summed E-state index contributed by atoms with van der Waals surface area (Å²) in [6.45, 7) is 0. The van der Waals surface area contributed by atoms with Gasteiger partial charge in [-0.1, -0.05) is 39.1 Å². The number of benzene rings is 2. The number of fused-ring (bicyclic) bond motifs is 1. The number of ether oxygens (including phenoxy) is 1. The number of Topliss-reactive ketones (excluding diaryl/α,β-unsaturated/α-hetero) is 1. The van der Waals surface area contributed by atoms with E-state index in [4.69, 9.17) is 27.9 Å². The average molecular weight is 372 g/mol. The maximum absolute atomic E-state index is 12.2. The number of ketones is 1. The van der Waals surface area contributed by atoms with Crippen LogP contribution in [0.2, 0.25) is 10.0 Å². The van der Waals surface area contributed by atoms with Crippen molar-refractivity contribution in [1.29, 1.82) is 0 Å². The molecule has 0 fully saturated rings. The minimum Gasteiger partial charge on any atom is -0.484 e. The Labute approximate surface area is 134 Å². The van der Waals surface area contributed by atoms with E-state index in [0.717, 1.165) is 10.0 Å². The molecule has 2 aromatic rings. The highest BCUT2D eigenvalue weighted by Crippen LogP contribution is 2.39. The van der Waals surface area contributed by atoms with E-state index < -0.39 is 6.10 Å². The van der Waals surface area contributed by atoms with Gasteiger partial charge in [-0.2, -0.15) is 0 Å². The van der Waals surface area contributed by atoms with Crippen LogP contribution < -0.4 is 4.74 Å². The van der Waals surface area contributed by atoms with E-state index in [1.165, 1.54) is 0 Å². The summed E-state index contributed by atoms with van der Waals surface area (Å²) in [5.41, 5.74) is 1.33. The Morgan fingerprint density at radius 1 is 1.15 bits per heavy atom. The van der Waals surface area contributed by atoms with Crippen LogP contribution >= 0.6 is 39.1 Å². The second-order valence-corrected chi connectivity index (χ2v) is 6.30. The minimum atomic E-state index is -0.401. The van der Waals surface area contributed by atoms with E-state index in [1.54, 1.807) is 30.3 Å². The molecule has 1 heterocycles. The Morgan fingerprint density at radius 3 is 2.75 bits per heavy atom. The Hall–Kier alpha value is -1.03. The van der Waals surface area contributed by atoms with Crippen molar-refractivity contribution in [3.8, 4) is 5.75 Å². The van der Waals surface area contributed by atoms with E-state index >= 15 is 0 Å². The number of hydrogen-bond acceptors (Lipinski definition) is 2. The molecule has 0 aromatic heterocycles. The van der Waals surface area contributed by atoms with Crippen molar-refractivity contribution < 1.29 is 9.53 Å². The highest BCUT2D eigenvalue weighted by atomic mass is 79.9. The van der Waals surface area contributed by atoms with Crippen LogP contribution in [0, 0.1) is 0 Å². The third-order valence-electron chi connectivity index (χ3n) is 3.19. The fourth-order valence-electron chi connectivity index (χ4n) is 2.23. The third-order valence-corrected chi connectivity index (χ3v) is 4.26. The summed E-state index contributed by atoms with van der Waals surface area (Å²) < 4.78 is 6.75. The van der Waals surface area contributed by atoms with Crippen molar-refractivity contribution in [2.75, 3.05) is 0 Å². The number of hydrogen-bond donors (Lipinski definition) is 0. The van der Waals surface area contributed by atoms with Gasteiger partial charge in [-0.25, -0.2) is 0 Å². The average Bonchev–Trinajstić information content (AvgIpc) is 2.42. The molecule has 0 radical (unpaired) electrons. The van der Waals surface area contributed by atoms with Gasteiger partial charge in [0.1, 0.15) is 11.9 Å². The summed E-state index contributed by atoms with van der Waals surface area (Å²) in [5, 5.41) is 1.12. The van der Waals surface area contributed by atoms with Crippen LogP contribution in [0.15, 0.2) is 40.9 Å². The maximum atomic E-state index is 12.2. The number of carbonyl (C=O) groups excluding carboxylic acids is 1. The molecule has 3 rings (SSSR count). The maximum Gasteiger partial charge on any atom is 0.170 e.